The zero-order chi connectivity index (χ0) is 13.9. The molecule has 0 radical (unpaired) electrons. The molecule has 1 saturated heterocycles. The monoisotopic (exact) mass is 271 g/mol. The predicted octanol–water partition coefficient (Wildman–Crippen LogP) is 0.306. The van der Waals surface area contributed by atoms with Crippen LogP contribution in [-0.4, -0.2) is 56.8 Å². The van der Waals surface area contributed by atoms with Crippen LogP contribution in [-0.2, 0) is 4.74 Å². The second kappa shape index (κ2) is 10.00. The molecule has 0 amide bonds. The van der Waals surface area contributed by atoms with Crippen LogP contribution in [0.1, 0.15) is 32.6 Å². The summed E-state index contributed by atoms with van der Waals surface area (Å²) in [5.74, 6) is 6.15. The van der Waals surface area contributed by atoms with E-state index in [1.807, 2.05) is 6.92 Å². The molecule has 1 unspecified atom stereocenters. The fourth-order valence-electron chi connectivity index (χ4n) is 2.25. The molecule has 0 aromatic rings. The largest absolute Gasteiger partial charge is 0.382 e. The Morgan fingerprint density at radius 2 is 2.32 bits per heavy atom. The van der Waals surface area contributed by atoms with E-state index in [1.165, 1.54) is 25.8 Å². The van der Waals surface area contributed by atoms with Gasteiger partial charge in [0.1, 0.15) is 0 Å². The van der Waals surface area contributed by atoms with Crippen LogP contribution in [0.2, 0.25) is 0 Å². The molecule has 112 valence electrons. The number of hydrogen-bond donors (Lipinski definition) is 3. The van der Waals surface area contributed by atoms with E-state index >= 15 is 0 Å². The van der Waals surface area contributed by atoms with Crippen LogP contribution in [0.25, 0.3) is 0 Å². The number of piperidine rings is 1. The number of nitrogens with zero attached hydrogens (tertiary/aromatic N) is 2. The first-order valence-corrected chi connectivity index (χ1v) is 7.30. The molecule has 0 aromatic carbocycles. The molecule has 6 nitrogen and oxygen atoms in total. The third kappa shape index (κ3) is 6.75. The van der Waals surface area contributed by atoms with Gasteiger partial charge in [-0.15, -0.1) is 0 Å². The highest BCUT2D eigenvalue weighted by Crippen LogP contribution is 2.14. The number of nitrogens with two attached hydrogens (primary N) is 1. The zero-order valence-corrected chi connectivity index (χ0v) is 12.3. The van der Waals surface area contributed by atoms with Crippen LogP contribution < -0.4 is 16.6 Å². The summed E-state index contributed by atoms with van der Waals surface area (Å²) in [7, 11) is 2.17. The number of guanidine groups is 1. The van der Waals surface area contributed by atoms with E-state index in [1.54, 1.807) is 0 Å². The average Bonchev–Trinajstić information content (AvgIpc) is 2.43. The SMILES string of the molecule is CCOCCCNC(=NCC1CCCCN1C)NN. The van der Waals surface area contributed by atoms with Crippen molar-refractivity contribution < 1.29 is 4.74 Å². The molecular formula is C13H29N5O. The van der Waals surface area contributed by atoms with Gasteiger partial charge in [0.25, 0.3) is 0 Å². The third-order valence-electron chi connectivity index (χ3n) is 3.48. The average molecular weight is 271 g/mol. The maximum absolute atomic E-state index is 5.48. The molecule has 6 heteroatoms. The van der Waals surface area contributed by atoms with Crippen LogP contribution in [0, 0.1) is 0 Å². The van der Waals surface area contributed by atoms with Gasteiger partial charge in [0, 0.05) is 25.8 Å². The first kappa shape index (κ1) is 16.2. The molecule has 0 saturated carbocycles. The highest BCUT2D eigenvalue weighted by Gasteiger charge is 2.18. The Bertz CT molecular complexity index is 259. The fourth-order valence-corrected chi connectivity index (χ4v) is 2.25. The summed E-state index contributed by atoms with van der Waals surface area (Å²) in [6.45, 7) is 6.34. The molecule has 0 aliphatic carbocycles. The Labute approximate surface area is 116 Å². The predicted molar refractivity (Wildman–Crippen MR) is 79.0 cm³/mol. The van der Waals surface area contributed by atoms with Gasteiger partial charge in [-0.2, -0.15) is 0 Å². The lowest BCUT2D eigenvalue weighted by atomic mass is 10.0. The molecule has 1 aliphatic rings. The molecule has 4 N–H and O–H groups in total. The first-order valence-electron chi connectivity index (χ1n) is 7.30. The van der Waals surface area contributed by atoms with Crippen molar-refractivity contribution in [3.05, 3.63) is 0 Å². The van der Waals surface area contributed by atoms with Gasteiger partial charge in [0.15, 0.2) is 0 Å². The van der Waals surface area contributed by atoms with Crippen LogP contribution >= 0.6 is 0 Å². The third-order valence-corrected chi connectivity index (χ3v) is 3.48. The van der Waals surface area contributed by atoms with Gasteiger partial charge in [-0.05, 0) is 39.8 Å². The summed E-state index contributed by atoms with van der Waals surface area (Å²) in [6, 6.07) is 0.544. The molecule has 0 aromatic heterocycles. The van der Waals surface area contributed by atoms with Gasteiger partial charge >= 0.3 is 0 Å². The molecule has 0 bridgehead atoms. The van der Waals surface area contributed by atoms with Crippen molar-refractivity contribution in [2.45, 2.75) is 38.6 Å². The van der Waals surface area contributed by atoms with E-state index in [2.05, 4.69) is 27.7 Å². The topological polar surface area (TPSA) is 74.9 Å². The van der Waals surface area contributed by atoms with Crippen molar-refractivity contribution in [3.63, 3.8) is 0 Å². The molecule has 0 spiro atoms. The number of ether oxygens (including phenoxy) is 1. The Hall–Kier alpha value is -0.850. The van der Waals surface area contributed by atoms with E-state index in [0.29, 0.717) is 12.0 Å². The number of rotatable bonds is 7. The van der Waals surface area contributed by atoms with Gasteiger partial charge in [0.05, 0.1) is 6.54 Å². The van der Waals surface area contributed by atoms with E-state index in [0.717, 1.165) is 32.7 Å². The van der Waals surface area contributed by atoms with E-state index in [4.69, 9.17) is 10.6 Å². The molecule has 1 aliphatic heterocycles. The van der Waals surface area contributed by atoms with Crippen molar-refractivity contribution in [3.8, 4) is 0 Å². The van der Waals surface area contributed by atoms with Crippen LogP contribution in [0.5, 0.6) is 0 Å². The van der Waals surface area contributed by atoms with Gasteiger partial charge in [0.2, 0.25) is 5.96 Å². The van der Waals surface area contributed by atoms with Gasteiger partial charge in [-0.25, -0.2) is 5.84 Å². The first-order chi connectivity index (χ1) is 9.27. The molecule has 1 atom stereocenters. The second-order valence-corrected chi connectivity index (χ2v) is 4.94. The minimum Gasteiger partial charge on any atom is -0.382 e. The molecule has 1 fully saturated rings. The van der Waals surface area contributed by atoms with E-state index < -0.39 is 0 Å². The standard InChI is InChI=1S/C13H29N5O/c1-3-19-10-6-8-15-13(17-14)16-11-12-7-4-5-9-18(12)2/h12H,3-11,14H2,1-2H3,(H2,15,16,17). The van der Waals surface area contributed by atoms with Gasteiger partial charge in [-0.3, -0.25) is 10.4 Å². The van der Waals surface area contributed by atoms with E-state index in [9.17, 15) is 0 Å². The number of likely N-dealkylation sites (tertiary alicyclic amines) is 1. The van der Waals surface area contributed by atoms with Crippen molar-refractivity contribution in [2.75, 3.05) is 39.9 Å². The maximum Gasteiger partial charge on any atom is 0.205 e. The maximum atomic E-state index is 5.48. The summed E-state index contributed by atoms with van der Waals surface area (Å²) >= 11 is 0. The van der Waals surface area contributed by atoms with Crippen LogP contribution in [0.4, 0.5) is 0 Å². The fraction of sp³-hybridized carbons (Fsp3) is 0.923. The molecular weight excluding hydrogens is 242 g/mol. The quantitative estimate of drug-likeness (QED) is 0.204. The smallest absolute Gasteiger partial charge is 0.205 e. The summed E-state index contributed by atoms with van der Waals surface area (Å²) < 4.78 is 5.28. The van der Waals surface area contributed by atoms with Crippen molar-refractivity contribution in [2.24, 2.45) is 10.8 Å². The Morgan fingerprint density at radius 1 is 1.47 bits per heavy atom. The van der Waals surface area contributed by atoms with Crippen molar-refractivity contribution in [1.82, 2.24) is 15.6 Å². The molecule has 19 heavy (non-hydrogen) atoms. The number of hydrazine groups is 1. The Morgan fingerprint density at radius 3 is 3.00 bits per heavy atom. The Kier molecular flexibility index (Phi) is 8.53. The summed E-state index contributed by atoms with van der Waals surface area (Å²) in [6.07, 6.45) is 4.78. The molecule has 1 rings (SSSR count). The summed E-state index contributed by atoms with van der Waals surface area (Å²) in [5, 5.41) is 3.20. The minimum absolute atomic E-state index is 0.544. The van der Waals surface area contributed by atoms with Crippen molar-refractivity contribution in [1.29, 1.82) is 0 Å². The van der Waals surface area contributed by atoms with Crippen molar-refractivity contribution >= 4 is 5.96 Å². The number of likely N-dealkylation sites (N-methyl/N-ethyl adjacent to an activating group) is 1. The number of nitrogens with one attached hydrogen (secondary N) is 2. The Balaban J connectivity index is 2.22. The highest BCUT2D eigenvalue weighted by atomic mass is 16.5. The highest BCUT2D eigenvalue weighted by molar-refractivity contribution is 5.79. The van der Waals surface area contributed by atoms with Gasteiger partial charge in [-0.1, -0.05) is 6.42 Å². The summed E-state index contributed by atoms with van der Waals surface area (Å²) in [5.41, 5.74) is 2.63. The number of hydrogen-bond acceptors (Lipinski definition) is 4. The minimum atomic E-state index is 0.544. The van der Waals surface area contributed by atoms with Gasteiger partial charge < -0.3 is 15.0 Å². The zero-order valence-electron chi connectivity index (χ0n) is 12.3. The number of aliphatic imine (C=N–C) groups is 1. The lowest BCUT2D eigenvalue weighted by Crippen LogP contribution is -2.44. The lowest BCUT2D eigenvalue weighted by molar-refractivity contribution is 0.145. The normalized spacial score (nSPS) is 21.4. The van der Waals surface area contributed by atoms with E-state index in [-0.39, 0.29) is 0 Å². The summed E-state index contributed by atoms with van der Waals surface area (Å²) in [4.78, 5) is 6.91. The lowest BCUT2D eigenvalue weighted by Gasteiger charge is -2.31. The van der Waals surface area contributed by atoms with Crippen LogP contribution in [0.15, 0.2) is 4.99 Å². The molecule has 1 heterocycles. The second-order valence-electron chi connectivity index (χ2n) is 4.94. The van der Waals surface area contributed by atoms with Crippen LogP contribution in [0.3, 0.4) is 0 Å².